The first-order valence-electron chi connectivity index (χ1n) is 8.37. The first-order valence-corrected chi connectivity index (χ1v) is 8.37. The molecule has 156 valence electrons. The summed E-state index contributed by atoms with van der Waals surface area (Å²) in [4.78, 5) is 15.2. The summed E-state index contributed by atoms with van der Waals surface area (Å²) >= 11 is 0. The van der Waals surface area contributed by atoms with E-state index in [2.05, 4.69) is 10.6 Å². The van der Waals surface area contributed by atoms with E-state index in [9.17, 15) is 18.0 Å². The molecule has 2 rings (SSSR count). The normalized spacial score (nSPS) is 16.2. The number of nitrogens with zero attached hydrogens (tertiary/aromatic N) is 2. The van der Waals surface area contributed by atoms with Crippen molar-refractivity contribution in [2.24, 2.45) is 0 Å². The van der Waals surface area contributed by atoms with E-state index in [0.29, 0.717) is 32.7 Å². The highest BCUT2D eigenvalue weighted by Crippen LogP contribution is 2.24. The molecule has 0 bridgehead atoms. The van der Waals surface area contributed by atoms with Crippen LogP contribution in [0.4, 0.5) is 13.2 Å². The highest BCUT2D eigenvalue weighted by molar-refractivity contribution is 5.85. The molecule has 1 heterocycles. The molecule has 1 amide bonds. The number of carbonyl (C=O) groups is 1. The Bertz CT molecular complexity index is 543. The molecule has 1 aliphatic rings. The van der Waals surface area contributed by atoms with E-state index in [1.165, 1.54) is 4.90 Å². The van der Waals surface area contributed by atoms with Gasteiger partial charge in [-0.1, -0.05) is 30.3 Å². The first kappa shape index (κ1) is 25.9. The van der Waals surface area contributed by atoms with Gasteiger partial charge < -0.3 is 10.6 Å². The van der Waals surface area contributed by atoms with Crippen LogP contribution < -0.4 is 10.6 Å². The van der Waals surface area contributed by atoms with E-state index in [0.717, 1.165) is 5.56 Å². The van der Waals surface area contributed by atoms with Crippen molar-refractivity contribution >= 4 is 30.7 Å². The third-order valence-corrected chi connectivity index (χ3v) is 4.17. The molecule has 1 unspecified atom stereocenters. The van der Waals surface area contributed by atoms with Gasteiger partial charge in [-0.15, -0.1) is 24.8 Å². The quantitative estimate of drug-likeness (QED) is 0.693. The monoisotopic (exact) mass is 430 g/mol. The van der Waals surface area contributed by atoms with Gasteiger partial charge in [0.1, 0.15) is 6.04 Å². The van der Waals surface area contributed by atoms with Gasteiger partial charge in [-0.3, -0.25) is 14.6 Å². The zero-order valence-corrected chi connectivity index (χ0v) is 16.8. The first-order chi connectivity index (χ1) is 11.9. The number of likely N-dealkylation sites (N-methyl/N-ethyl adjacent to an activating group) is 1. The Morgan fingerprint density at radius 1 is 1.22 bits per heavy atom. The molecular weight excluding hydrogens is 404 g/mol. The summed E-state index contributed by atoms with van der Waals surface area (Å²) in [5.41, 5.74) is 1.05. The van der Waals surface area contributed by atoms with Crippen molar-refractivity contribution in [2.75, 3.05) is 46.3 Å². The average molecular weight is 431 g/mol. The van der Waals surface area contributed by atoms with Crippen molar-refractivity contribution < 1.29 is 18.0 Å². The predicted molar refractivity (Wildman–Crippen MR) is 105 cm³/mol. The zero-order valence-electron chi connectivity index (χ0n) is 15.2. The van der Waals surface area contributed by atoms with E-state index in [-0.39, 0.29) is 31.4 Å². The maximum atomic E-state index is 13.3. The number of amides is 1. The van der Waals surface area contributed by atoms with E-state index >= 15 is 0 Å². The predicted octanol–water partition coefficient (Wildman–Crippen LogP) is 1.91. The number of carbonyl (C=O) groups excluding carboxylic acids is 1. The summed E-state index contributed by atoms with van der Waals surface area (Å²) in [5, 5.41) is 5.47. The average Bonchev–Trinajstić information content (AvgIpc) is 2.55. The second-order valence-electron chi connectivity index (χ2n) is 6.31. The van der Waals surface area contributed by atoms with E-state index in [4.69, 9.17) is 0 Å². The Morgan fingerprint density at radius 2 is 1.81 bits per heavy atom. The molecule has 1 aromatic rings. The topological polar surface area (TPSA) is 47.6 Å². The molecule has 10 heteroatoms. The number of benzene rings is 1. The van der Waals surface area contributed by atoms with Crippen LogP contribution in [0, 0.1) is 0 Å². The number of halogens is 5. The summed E-state index contributed by atoms with van der Waals surface area (Å²) in [5.74, 6) is -0.400. The third-order valence-electron chi connectivity index (χ3n) is 4.17. The smallest absolute Gasteiger partial charge is 0.353 e. The fourth-order valence-corrected chi connectivity index (χ4v) is 2.91. The van der Waals surface area contributed by atoms with Crippen LogP contribution in [0.25, 0.3) is 0 Å². The van der Waals surface area contributed by atoms with Crippen LogP contribution in [0.15, 0.2) is 30.3 Å². The van der Waals surface area contributed by atoms with Gasteiger partial charge in [-0.25, -0.2) is 0 Å². The fourth-order valence-electron chi connectivity index (χ4n) is 2.91. The molecule has 5 nitrogen and oxygen atoms in total. The summed E-state index contributed by atoms with van der Waals surface area (Å²) in [6, 6.07) is 7.97. The molecule has 0 spiro atoms. The molecule has 27 heavy (non-hydrogen) atoms. The third kappa shape index (κ3) is 9.12. The van der Waals surface area contributed by atoms with Gasteiger partial charge in [0.05, 0.1) is 6.54 Å². The number of hydrogen-bond donors (Lipinski definition) is 2. The van der Waals surface area contributed by atoms with Gasteiger partial charge in [0.25, 0.3) is 0 Å². The molecule has 1 saturated heterocycles. The summed E-state index contributed by atoms with van der Waals surface area (Å²) in [6.45, 7) is 1.92. The molecular formula is C17H27Cl2F3N4O. The number of alkyl halides is 3. The number of piperazine rings is 1. The second-order valence-corrected chi connectivity index (χ2v) is 6.31. The lowest BCUT2D eigenvalue weighted by Crippen LogP contribution is -2.57. The largest absolute Gasteiger partial charge is 0.405 e. The van der Waals surface area contributed by atoms with Crippen molar-refractivity contribution in [3.63, 3.8) is 0 Å². The Hall–Kier alpha value is -1.06. The zero-order chi connectivity index (χ0) is 18.3. The second kappa shape index (κ2) is 12.4. The van der Waals surface area contributed by atoms with Crippen LogP contribution in [0.2, 0.25) is 0 Å². The minimum absolute atomic E-state index is 0. The molecule has 1 aromatic carbocycles. The van der Waals surface area contributed by atoms with Gasteiger partial charge in [0.15, 0.2) is 0 Å². The standard InChI is InChI=1S/C17H25F3N4O.2ClH/c1-23(12-14-5-3-2-4-6-14)13-16(25)22-11-15(17(18,19)20)24-9-7-21-8-10-24;;/h2-6,15,21H,7-13H2,1H3,(H,22,25);2*1H. The number of nitrogens with one attached hydrogen (secondary N) is 2. The molecule has 2 N–H and O–H groups in total. The number of hydrogen-bond acceptors (Lipinski definition) is 4. The minimum atomic E-state index is -4.36. The van der Waals surface area contributed by atoms with Crippen LogP contribution in [-0.4, -0.2) is 74.2 Å². The molecule has 1 fully saturated rings. The molecule has 1 aliphatic heterocycles. The Labute approximate surface area is 170 Å². The van der Waals surface area contributed by atoms with Crippen LogP contribution in [0.3, 0.4) is 0 Å². The summed E-state index contributed by atoms with van der Waals surface area (Å²) in [6.07, 6.45) is -4.36. The lowest BCUT2D eigenvalue weighted by molar-refractivity contribution is -0.184. The lowest BCUT2D eigenvalue weighted by atomic mass is 10.2. The van der Waals surface area contributed by atoms with Crippen molar-refractivity contribution in [3.8, 4) is 0 Å². The SMILES string of the molecule is CN(CC(=O)NCC(N1CCNCC1)C(F)(F)F)Cc1ccccc1.Cl.Cl. The van der Waals surface area contributed by atoms with Crippen molar-refractivity contribution in [3.05, 3.63) is 35.9 Å². The minimum Gasteiger partial charge on any atom is -0.353 e. The molecule has 0 aliphatic carbocycles. The molecule has 0 radical (unpaired) electrons. The molecule has 0 aromatic heterocycles. The van der Waals surface area contributed by atoms with E-state index in [1.807, 2.05) is 30.3 Å². The van der Waals surface area contributed by atoms with Crippen molar-refractivity contribution in [1.82, 2.24) is 20.4 Å². The molecule has 1 atom stereocenters. The van der Waals surface area contributed by atoms with Gasteiger partial charge in [-0.2, -0.15) is 13.2 Å². The van der Waals surface area contributed by atoms with Gasteiger partial charge in [0, 0.05) is 39.3 Å². The Balaban J connectivity index is 0.00000338. The van der Waals surface area contributed by atoms with E-state index in [1.54, 1.807) is 11.9 Å². The highest BCUT2D eigenvalue weighted by atomic mass is 35.5. The maximum absolute atomic E-state index is 13.3. The summed E-state index contributed by atoms with van der Waals surface area (Å²) in [7, 11) is 1.77. The van der Waals surface area contributed by atoms with Gasteiger partial charge in [0.2, 0.25) is 5.91 Å². The van der Waals surface area contributed by atoms with Crippen LogP contribution >= 0.6 is 24.8 Å². The van der Waals surface area contributed by atoms with Crippen LogP contribution in [0.5, 0.6) is 0 Å². The highest BCUT2D eigenvalue weighted by Gasteiger charge is 2.43. The van der Waals surface area contributed by atoms with Crippen molar-refractivity contribution in [2.45, 2.75) is 18.8 Å². The Morgan fingerprint density at radius 3 is 2.37 bits per heavy atom. The van der Waals surface area contributed by atoms with Crippen LogP contribution in [0.1, 0.15) is 5.56 Å². The van der Waals surface area contributed by atoms with E-state index < -0.39 is 24.7 Å². The lowest BCUT2D eigenvalue weighted by Gasteiger charge is -2.36. The molecule has 0 saturated carbocycles. The maximum Gasteiger partial charge on any atom is 0.405 e. The fraction of sp³-hybridized carbons (Fsp3) is 0.588. The van der Waals surface area contributed by atoms with Gasteiger partial charge in [-0.05, 0) is 12.6 Å². The Kier molecular flexibility index (Phi) is 11.9. The van der Waals surface area contributed by atoms with Gasteiger partial charge >= 0.3 is 6.18 Å². The summed E-state index contributed by atoms with van der Waals surface area (Å²) < 4.78 is 39.8. The van der Waals surface area contributed by atoms with Crippen LogP contribution in [-0.2, 0) is 11.3 Å². The number of rotatable bonds is 7. The van der Waals surface area contributed by atoms with Crippen molar-refractivity contribution in [1.29, 1.82) is 0 Å².